The van der Waals surface area contributed by atoms with Crippen LogP contribution in [0.3, 0.4) is 0 Å². The Balaban J connectivity index is 1.62. The number of rotatable bonds is 2. The van der Waals surface area contributed by atoms with Gasteiger partial charge in [0.15, 0.2) is 0 Å². The number of hydrogen-bond acceptors (Lipinski definition) is 5. The standard InChI is InChI=1S/C20H15ClN2O2S/c21-13-5-6-18(24)15(9-13)16-10-17-14-3-1-2-4-19(14)25-20(23(17)22-16)12-7-8-26-11-12/h1-9,11,17,20,24H,10H2/t17-,20-/m1/s1. The molecule has 0 bridgehead atoms. The van der Waals surface area contributed by atoms with Crippen LogP contribution >= 0.6 is 22.9 Å². The Morgan fingerprint density at radius 1 is 1.19 bits per heavy atom. The van der Waals surface area contributed by atoms with Crippen molar-refractivity contribution >= 4 is 28.6 Å². The van der Waals surface area contributed by atoms with E-state index in [0.29, 0.717) is 17.0 Å². The molecule has 2 aromatic carbocycles. The van der Waals surface area contributed by atoms with Crippen molar-refractivity contribution in [3.05, 3.63) is 81.0 Å². The Morgan fingerprint density at radius 3 is 2.92 bits per heavy atom. The largest absolute Gasteiger partial charge is 0.507 e. The van der Waals surface area contributed by atoms with Gasteiger partial charge in [0.2, 0.25) is 6.23 Å². The van der Waals surface area contributed by atoms with Gasteiger partial charge in [0.1, 0.15) is 11.5 Å². The second-order valence-corrected chi connectivity index (χ2v) is 7.59. The molecule has 26 heavy (non-hydrogen) atoms. The highest BCUT2D eigenvalue weighted by molar-refractivity contribution is 7.07. The Bertz CT molecular complexity index is 1000. The molecule has 0 unspecified atom stereocenters. The Morgan fingerprint density at radius 2 is 2.08 bits per heavy atom. The van der Waals surface area contributed by atoms with Crippen LogP contribution in [0.1, 0.15) is 35.4 Å². The number of para-hydroxylation sites is 1. The summed E-state index contributed by atoms with van der Waals surface area (Å²) < 4.78 is 6.27. The summed E-state index contributed by atoms with van der Waals surface area (Å²) in [5, 5.41) is 21.8. The molecule has 5 rings (SSSR count). The van der Waals surface area contributed by atoms with Crippen LogP contribution in [-0.4, -0.2) is 15.8 Å². The summed E-state index contributed by atoms with van der Waals surface area (Å²) in [5.74, 6) is 1.07. The van der Waals surface area contributed by atoms with E-state index in [1.54, 1.807) is 29.5 Å². The predicted molar refractivity (Wildman–Crippen MR) is 103 cm³/mol. The first-order chi connectivity index (χ1) is 12.7. The molecule has 0 saturated carbocycles. The third-order valence-electron chi connectivity index (χ3n) is 4.80. The lowest BCUT2D eigenvalue weighted by Crippen LogP contribution is -2.33. The van der Waals surface area contributed by atoms with Gasteiger partial charge in [-0.05, 0) is 41.1 Å². The molecule has 4 nitrogen and oxygen atoms in total. The third-order valence-corrected chi connectivity index (χ3v) is 5.73. The van der Waals surface area contributed by atoms with Crippen LogP contribution in [0.5, 0.6) is 11.5 Å². The SMILES string of the molecule is Oc1ccc(Cl)cc1C1=NN2[C@H](C1)c1ccccc1O[C@@H]2c1ccsc1. The topological polar surface area (TPSA) is 45.1 Å². The average Bonchev–Trinajstić information content (AvgIpc) is 3.33. The molecular weight excluding hydrogens is 368 g/mol. The first-order valence-electron chi connectivity index (χ1n) is 8.33. The van der Waals surface area contributed by atoms with Gasteiger partial charge in [-0.2, -0.15) is 16.4 Å². The van der Waals surface area contributed by atoms with Crippen LogP contribution in [0.4, 0.5) is 0 Å². The van der Waals surface area contributed by atoms with Crippen LogP contribution < -0.4 is 4.74 Å². The van der Waals surface area contributed by atoms with Gasteiger partial charge in [-0.3, -0.25) is 0 Å². The van der Waals surface area contributed by atoms with E-state index in [9.17, 15) is 5.11 Å². The molecule has 0 radical (unpaired) electrons. The number of halogens is 1. The number of phenols is 1. The summed E-state index contributed by atoms with van der Waals surface area (Å²) in [7, 11) is 0. The molecule has 6 heteroatoms. The summed E-state index contributed by atoms with van der Waals surface area (Å²) in [4.78, 5) is 0. The minimum atomic E-state index is -0.278. The van der Waals surface area contributed by atoms with Crippen molar-refractivity contribution in [2.24, 2.45) is 5.10 Å². The van der Waals surface area contributed by atoms with Gasteiger partial charge in [0.05, 0.1) is 11.8 Å². The van der Waals surface area contributed by atoms with Crippen molar-refractivity contribution < 1.29 is 9.84 Å². The lowest BCUT2D eigenvalue weighted by molar-refractivity contribution is -0.0187. The molecule has 1 N–H and O–H groups in total. The number of aromatic hydroxyl groups is 1. The Kier molecular flexibility index (Phi) is 3.65. The van der Waals surface area contributed by atoms with E-state index < -0.39 is 0 Å². The highest BCUT2D eigenvalue weighted by Crippen LogP contribution is 2.48. The number of benzene rings is 2. The van der Waals surface area contributed by atoms with Gasteiger partial charge < -0.3 is 9.84 Å². The van der Waals surface area contributed by atoms with Crippen LogP contribution in [0, 0.1) is 0 Å². The highest BCUT2D eigenvalue weighted by atomic mass is 35.5. The van der Waals surface area contributed by atoms with Gasteiger partial charge in [-0.1, -0.05) is 29.8 Å². The van der Waals surface area contributed by atoms with Crippen LogP contribution in [0.15, 0.2) is 64.4 Å². The van der Waals surface area contributed by atoms with E-state index in [1.807, 2.05) is 28.6 Å². The summed E-state index contributed by atoms with van der Waals surface area (Å²) in [6.45, 7) is 0. The second-order valence-electron chi connectivity index (χ2n) is 6.37. The monoisotopic (exact) mass is 382 g/mol. The van der Waals surface area contributed by atoms with E-state index in [-0.39, 0.29) is 18.0 Å². The minimum Gasteiger partial charge on any atom is -0.507 e. The zero-order valence-corrected chi connectivity index (χ0v) is 15.2. The quantitative estimate of drug-likeness (QED) is 0.649. The molecule has 2 atom stereocenters. The Hall–Kier alpha value is -2.50. The lowest BCUT2D eigenvalue weighted by Gasteiger charge is -2.37. The number of hydrazone groups is 1. The molecule has 130 valence electrons. The summed E-state index contributed by atoms with van der Waals surface area (Å²) >= 11 is 7.77. The first kappa shape index (κ1) is 15.7. The van der Waals surface area contributed by atoms with Crippen LogP contribution in [0.25, 0.3) is 0 Å². The number of fused-ring (bicyclic) bond motifs is 3. The van der Waals surface area contributed by atoms with Gasteiger partial charge in [0, 0.05) is 28.1 Å². The van der Waals surface area contributed by atoms with Gasteiger partial charge >= 0.3 is 0 Å². The molecule has 2 aliphatic heterocycles. The van der Waals surface area contributed by atoms with Crippen LogP contribution in [-0.2, 0) is 0 Å². The average molecular weight is 383 g/mol. The summed E-state index contributed by atoms with van der Waals surface area (Å²) in [6.07, 6.45) is 0.412. The van der Waals surface area contributed by atoms with E-state index in [4.69, 9.17) is 21.4 Å². The van der Waals surface area contributed by atoms with Crippen molar-refractivity contribution in [3.8, 4) is 11.5 Å². The molecule has 2 aliphatic rings. The van der Waals surface area contributed by atoms with Crippen molar-refractivity contribution in [1.82, 2.24) is 5.01 Å². The number of ether oxygens (including phenoxy) is 1. The molecule has 0 saturated heterocycles. The van der Waals surface area contributed by atoms with Gasteiger partial charge in [-0.15, -0.1) is 0 Å². The van der Waals surface area contributed by atoms with E-state index in [1.165, 1.54) is 0 Å². The number of thiophene rings is 1. The minimum absolute atomic E-state index is 0.0678. The summed E-state index contributed by atoms with van der Waals surface area (Å²) in [5.41, 5.74) is 3.68. The molecule has 3 aromatic rings. The fourth-order valence-electron chi connectivity index (χ4n) is 3.57. The molecule has 0 amide bonds. The highest BCUT2D eigenvalue weighted by Gasteiger charge is 2.41. The van der Waals surface area contributed by atoms with Gasteiger partial charge in [-0.25, -0.2) is 5.01 Å². The predicted octanol–water partition coefficient (Wildman–Crippen LogP) is 5.35. The fourth-order valence-corrected chi connectivity index (χ4v) is 4.41. The molecule has 1 aromatic heterocycles. The number of hydrogen-bond donors (Lipinski definition) is 1. The maximum atomic E-state index is 10.3. The van der Waals surface area contributed by atoms with Crippen LogP contribution in [0.2, 0.25) is 5.02 Å². The number of phenolic OH excluding ortho intramolecular Hbond substituents is 1. The van der Waals surface area contributed by atoms with E-state index >= 15 is 0 Å². The maximum Gasteiger partial charge on any atom is 0.214 e. The molecule has 3 heterocycles. The lowest BCUT2D eigenvalue weighted by atomic mass is 9.96. The van der Waals surface area contributed by atoms with Crippen molar-refractivity contribution in [2.75, 3.05) is 0 Å². The summed E-state index contributed by atoms with van der Waals surface area (Å²) in [6, 6.07) is 15.3. The third kappa shape index (κ3) is 2.47. The van der Waals surface area contributed by atoms with Gasteiger partial charge in [0.25, 0.3) is 0 Å². The molecule has 0 aliphatic carbocycles. The van der Waals surface area contributed by atoms with Crippen molar-refractivity contribution in [1.29, 1.82) is 0 Å². The van der Waals surface area contributed by atoms with Crippen molar-refractivity contribution in [3.63, 3.8) is 0 Å². The molecule has 0 spiro atoms. The smallest absolute Gasteiger partial charge is 0.214 e. The molecular formula is C20H15ClN2O2S. The van der Waals surface area contributed by atoms with E-state index in [0.717, 1.165) is 22.6 Å². The normalized spacial score (nSPS) is 21.0. The fraction of sp³-hybridized carbons (Fsp3) is 0.150. The first-order valence-corrected chi connectivity index (χ1v) is 9.65. The molecule has 0 fully saturated rings. The maximum absolute atomic E-state index is 10.3. The Labute approximate surface area is 159 Å². The van der Waals surface area contributed by atoms with E-state index in [2.05, 4.69) is 17.5 Å². The number of nitrogens with zero attached hydrogens (tertiary/aromatic N) is 2. The zero-order valence-electron chi connectivity index (χ0n) is 13.7. The zero-order chi connectivity index (χ0) is 17.7. The van der Waals surface area contributed by atoms with Crippen molar-refractivity contribution in [2.45, 2.75) is 18.7 Å². The second kappa shape index (κ2) is 6.04.